The molecule has 2 heteroatoms. The molecule has 9 heavy (non-hydrogen) atoms. The van der Waals surface area contributed by atoms with E-state index in [4.69, 9.17) is 0 Å². The SMILES string of the molecule is FC1CC2CCC1C2Br. The van der Waals surface area contributed by atoms with Crippen LogP contribution in [-0.2, 0) is 0 Å². The lowest BCUT2D eigenvalue weighted by Crippen LogP contribution is -2.12. The molecule has 0 radical (unpaired) electrons. The lowest BCUT2D eigenvalue weighted by atomic mass is 9.99. The summed E-state index contributed by atoms with van der Waals surface area (Å²) < 4.78 is 12.8. The van der Waals surface area contributed by atoms with Gasteiger partial charge in [0.1, 0.15) is 6.17 Å². The molecule has 0 aromatic carbocycles. The fraction of sp³-hybridized carbons (Fsp3) is 1.00. The second-order valence-corrected chi connectivity index (χ2v) is 4.25. The van der Waals surface area contributed by atoms with E-state index in [9.17, 15) is 4.39 Å². The lowest BCUT2D eigenvalue weighted by Gasteiger charge is -2.11. The molecule has 52 valence electrons. The molecule has 0 aliphatic heterocycles. The van der Waals surface area contributed by atoms with Crippen LogP contribution in [0.5, 0.6) is 0 Å². The number of hydrogen-bond donors (Lipinski definition) is 0. The van der Waals surface area contributed by atoms with Crippen molar-refractivity contribution in [2.24, 2.45) is 11.8 Å². The first-order valence-electron chi connectivity index (χ1n) is 3.57. The highest BCUT2D eigenvalue weighted by atomic mass is 79.9. The number of fused-ring (bicyclic) bond motifs is 2. The Morgan fingerprint density at radius 3 is 2.33 bits per heavy atom. The molecule has 0 spiro atoms. The van der Waals surface area contributed by atoms with Gasteiger partial charge in [-0.15, -0.1) is 0 Å². The van der Waals surface area contributed by atoms with Gasteiger partial charge >= 0.3 is 0 Å². The van der Waals surface area contributed by atoms with Crippen molar-refractivity contribution in [2.75, 3.05) is 0 Å². The smallest absolute Gasteiger partial charge is 0.104 e. The molecule has 0 amide bonds. The van der Waals surface area contributed by atoms with E-state index in [1.165, 1.54) is 6.42 Å². The largest absolute Gasteiger partial charge is 0.247 e. The average molecular weight is 193 g/mol. The van der Waals surface area contributed by atoms with Gasteiger partial charge in [-0.2, -0.15) is 0 Å². The fourth-order valence-corrected chi connectivity index (χ4v) is 3.24. The maximum Gasteiger partial charge on any atom is 0.104 e. The summed E-state index contributed by atoms with van der Waals surface area (Å²) >= 11 is 3.53. The lowest BCUT2D eigenvalue weighted by molar-refractivity contribution is 0.231. The minimum absolute atomic E-state index is 0.356. The molecule has 2 bridgehead atoms. The van der Waals surface area contributed by atoms with Gasteiger partial charge in [-0.1, -0.05) is 15.9 Å². The zero-order valence-corrected chi connectivity index (χ0v) is 6.77. The summed E-state index contributed by atoms with van der Waals surface area (Å²) in [5.74, 6) is 1.01. The number of rotatable bonds is 0. The van der Waals surface area contributed by atoms with Crippen molar-refractivity contribution in [1.29, 1.82) is 0 Å². The molecule has 4 atom stereocenters. The number of hydrogen-bond acceptors (Lipinski definition) is 0. The highest BCUT2D eigenvalue weighted by molar-refractivity contribution is 9.09. The van der Waals surface area contributed by atoms with E-state index in [0.717, 1.165) is 12.8 Å². The second-order valence-electron chi connectivity index (χ2n) is 3.20. The molecule has 2 aliphatic rings. The molecule has 0 saturated heterocycles. The van der Waals surface area contributed by atoms with Gasteiger partial charge in [0.15, 0.2) is 0 Å². The molecular formula is C7H10BrF. The summed E-state index contributed by atoms with van der Waals surface area (Å²) in [7, 11) is 0. The van der Waals surface area contributed by atoms with Crippen LogP contribution in [0.4, 0.5) is 4.39 Å². The van der Waals surface area contributed by atoms with Gasteiger partial charge in [0, 0.05) is 10.7 Å². The summed E-state index contributed by atoms with van der Waals surface area (Å²) in [6.45, 7) is 0. The van der Waals surface area contributed by atoms with Crippen LogP contribution in [0.15, 0.2) is 0 Å². The summed E-state index contributed by atoms with van der Waals surface area (Å²) in [6, 6.07) is 0. The molecule has 0 nitrogen and oxygen atoms in total. The Kier molecular flexibility index (Phi) is 1.33. The summed E-state index contributed by atoms with van der Waals surface area (Å²) in [5.41, 5.74) is 0. The van der Waals surface area contributed by atoms with Gasteiger partial charge in [0.2, 0.25) is 0 Å². The van der Waals surface area contributed by atoms with Crippen molar-refractivity contribution < 1.29 is 4.39 Å². The van der Waals surface area contributed by atoms with E-state index >= 15 is 0 Å². The molecule has 2 aliphatic carbocycles. The van der Waals surface area contributed by atoms with Crippen molar-refractivity contribution in [3.05, 3.63) is 0 Å². The van der Waals surface area contributed by atoms with Gasteiger partial charge < -0.3 is 0 Å². The Labute approximate surface area is 63.0 Å². The highest BCUT2D eigenvalue weighted by Gasteiger charge is 2.46. The molecule has 0 N–H and O–H groups in total. The predicted molar refractivity (Wildman–Crippen MR) is 38.4 cm³/mol. The van der Waals surface area contributed by atoms with Crippen LogP contribution in [0.3, 0.4) is 0 Å². The van der Waals surface area contributed by atoms with E-state index in [2.05, 4.69) is 15.9 Å². The molecule has 2 rings (SSSR count). The first-order valence-corrected chi connectivity index (χ1v) is 4.49. The number of alkyl halides is 2. The first-order chi connectivity index (χ1) is 4.29. The maximum absolute atomic E-state index is 12.8. The van der Waals surface area contributed by atoms with E-state index in [0.29, 0.717) is 16.7 Å². The molecular weight excluding hydrogens is 183 g/mol. The third kappa shape index (κ3) is 0.754. The standard InChI is InChI=1S/C7H10BrF/c8-7-4-1-2-5(7)6(9)3-4/h4-7H,1-3H2. The van der Waals surface area contributed by atoms with Gasteiger partial charge in [0.05, 0.1) is 0 Å². The highest BCUT2D eigenvalue weighted by Crippen LogP contribution is 2.49. The van der Waals surface area contributed by atoms with Gasteiger partial charge in [-0.3, -0.25) is 0 Å². The average Bonchev–Trinajstić information content (AvgIpc) is 2.25. The van der Waals surface area contributed by atoms with Crippen LogP contribution in [0.25, 0.3) is 0 Å². The second kappa shape index (κ2) is 1.94. The maximum atomic E-state index is 12.8. The van der Waals surface area contributed by atoms with Crippen LogP contribution in [0, 0.1) is 11.8 Å². The zero-order chi connectivity index (χ0) is 6.43. The van der Waals surface area contributed by atoms with Crippen LogP contribution >= 0.6 is 15.9 Å². The van der Waals surface area contributed by atoms with Gasteiger partial charge in [-0.05, 0) is 25.2 Å². The normalized spacial score (nSPS) is 56.7. The Hall–Kier alpha value is 0.410. The summed E-state index contributed by atoms with van der Waals surface area (Å²) in [5, 5.41) is 0. The van der Waals surface area contributed by atoms with Crippen LogP contribution < -0.4 is 0 Å². The van der Waals surface area contributed by atoms with Crippen molar-refractivity contribution in [2.45, 2.75) is 30.3 Å². The first kappa shape index (κ1) is 6.14. The zero-order valence-electron chi connectivity index (χ0n) is 5.19. The van der Waals surface area contributed by atoms with Crippen LogP contribution in [-0.4, -0.2) is 11.0 Å². The monoisotopic (exact) mass is 192 g/mol. The van der Waals surface area contributed by atoms with E-state index in [-0.39, 0.29) is 0 Å². The molecule has 0 aromatic heterocycles. The third-order valence-electron chi connectivity index (χ3n) is 2.72. The molecule has 0 aromatic rings. The third-order valence-corrected chi connectivity index (χ3v) is 4.15. The van der Waals surface area contributed by atoms with E-state index in [1.807, 2.05) is 0 Å². The molecule has 2 saturated carbocycles. The van der Waals surface area contributed by atoms with Crippen LogP contribution in [0.2, 0.25) is 0 Å². The topological polar surface area (TPSA) is 0 Å². The van der Waals surface area contributed by atoms with Crippen LogP contribution in [0.1, 0.15) is 19.3 Å². The van der Waals surface area contributed by atoms with Gasteiger partial charge in [-0.25, -0.2) is 4.39 Å². The summed E-state index contributed by atoms with van der Waals surface area (Å²) in [6.07, 6.45) is 2.69. The predicted octanol–water partition coefficient (Wildman–Crippen LogP) is 2.52. The summed E-state index contributed by atoms with van der Waals surface area (Å²) in [4.78, 5) is 0.507. The number of halogens is 2. The van der Waals surface area contributed by atoms with E-state index < -0.39 is 6.17 Å². The Balaban J connectivity index is 2.16. The quantitative estimate of drug-likeness (QED) is 0.518. The van der Waals surface area contributed by atoms with Crippen molar-refractivity contribution in [3.8, 4) is 0 Å². The fourth-order valence-electron chi connectivity index (χ4n) is 2.17. The molecule has 0 heterocycles. The Morgan fingerprint density at radius 2 is 2.11 bits per heavy atom. The van der Waals surface area contributed by atoms with Crippen molar-refractivity contribution in [1.82, 2.24) is 0 Å². The van der Waals surface area contributed by atoms with E-state index in [1.54, 1.807) is 0 Å². The Morgan fingerprint density at radius 1 is 1.33 bits per heavy atom. The van der Waals surface area contributed by atoms with Crippen molar-refractivity contribution >= 4 is 15.9 Å². The van der Waals surface area contributed by atoms with Gasteiger partial charge in [0.25, 0.3) is 0 Å². The minimum Gasteiger partial charge on any atom is -0.247 e. The van der Waals surface area contributed by atoms with Crippen molar-refractivity contribution in [3.63, 3.8) is 0 Å². The molecule has 4 unspecified atom stereocenters. The Bertz CT molecular complexity index is 126. The molecule has 2 fully saturated rings. The minimum atomic E-state index is -0.492.